The highest BCUT2D eigenvalue weighted by Crippen LogP contribution is 2.21. The molecule has 0 bridgehead atoms. The molecule has 0 atom stereocenters. The zero-order valence-electron chi connectivity index (χ0n) is 14.4. The van der Waals surface area contributed by atoms with Crippen LogP contribution in [0.25, 0.3) is 0 Å². The van der Waals surface area contributed by atoms with Crippen LogP contribution in [0.15, 0.2) is 47.4 Å². The molecule has 0 unspecified atom stereocenters. The summed E-state index contributed by atoms with van der Waals surface area (Å²) in [4.78, 5) is 34.4. The third-order valence-corrected chi connectivity index (χ3v) is 4.41. The van der Waals surface area contributed by atoms with Crippen molar-refractivity contribution in [1.29, 1.82) is 0 Å². The number of ether oxygens (including phenoxy) is 1. The second kappa shape index (κ2) is 9.00. The lowest BCUT2D eigenvalue weighted by Crippen LogP contribution is -2.22. The van der Waals surface area contributed by atoms with Gasteiger partial charge >= 0.3 is 5.97 Å². The van der Waals surface area contributed by atoms with Gasteiger partial charge in [-0.25, -0.2) is 0 Å². The quantitative estimate of drug-likeness (QED) is 0.345. The molecule has 0 aromatic heterocycles. The molecule has 1 N–H and O–H groups in total. The van der Waals surface area contributed by atoms with Crippen molar-refractivity contribution in [2.24, 2.45) is 0 Å². The van der Waals surface area contributed by atoms with Gasteiger partial charge in [-0.05, 0) is 37.6 Å². The van der Waals surface area contributed by atoms with E-state index in [4.69, 9.17) is 4.74 Å². The number of rotatable bonds is 7. The largest absolute Gasteiger partial charge is 0.455 e. The molecule has 2 aromatic rings. The van der Waals surface area contributed by atoms with Crippen molar-refractivity contribution in [3.05, 3.63) is 63.7 Å². The third-order valence-electron chi connectivity index (χ3n) is 3.42. The first-order valence-electron chi connectivity index (χ1n) is 7.75. The van der Waals surface area contributed by atoms with Gasteiger partial charge in [0.2, 0.25) is 0 Å². The maximum absolute atomic E-state index is 11.9. The average molecular weight is 374 g/mol. The van der Waals surface area contributed by atoms with Crippen molar-refractivity contribution in [1.82, 2.24) is 0 Å². The molecule has 0 aliphatic heterocycles. The van der Waals surface area contributed by atoms with E-state index in [0.29, 0.717) is 10.6 Å². The normalized spacial score (nSPS) is 10.2. The van der Waals surface area contributed by atoms with Gasteiger partial charge < -0.3 is 10.1 Å². The summed E-state index contributed by atoms with van der Waals surface area (Å²) in [6.07, 6.45) is 0. The van der Waals surface area contributed by atoms with E-state index in [-0.39, 0.29) is 18.0 Å². The zero-order valence-corrected chi connectivity index (χ0v) is 15.2. The molecule has 0 aliphatic carbocycles. The summed E-state index contributed by atoms with van der Waals surface area (Å²) < 4.78 is 4.94. The molecule has 0 aliphatic rings. The Morgan fingerprint density at radius 1 is 1.15 bits per heavy atom. The van der Waals surface area contributed by atoms with E-state index in [2.05, 4.69) is 5.32 Å². The molecule has 0 fully saturated rings. The van der Waals surface area contributed by atoms with Crippen LogP contribution in [0, 0.1) is 24.0 Å². The number of thioether (sulfide) groups is 1. The predicted molar refractivity (Wildman–Crippen MR) is 99.3 cm³/mol. The summed E-state index contributed by atoms with van der Waals surface area (Å²) in [6, 6.07) is 11.5. The minimum atomic E-state index is -0.538. The fourth-order valence-corrected chi connectivity index (χ4v) is 2.83. The van der Waals surface area contributed by atoms with Crippen LogP contribution in [-0.4, -0.2) is 29.2 Å². The van der Waals surface area contributed by atoms with Gasteiger partial charge in [0, 0.05) is 22.7 Å². The molecular weight excluding hydrogens is 356 g/mol. The lowest BCUT2D eigenvalue weighted by Gasteiger charge is -2.09. The van der Waals surface area contributed by atoms with Crippen molar-refractivity contribution >= 4 is 35.0 Å². The molecule has 0 saturated heterocycles. The number of hydrogen-bond acceptors (Lipinski definition) is 6. The molecule has 26 heavy (non-hydrogen) atoms. The fraction of sp³-hybridized carbons (Fsp3) is 0.222. The van der Waals surface area contributed by atoms with Crippen LogP contribution in [0.2, 0.25) is 0 Å². The van der Waals surface area contributed by atoms with Gasteiger partial charge in [-0.2, -0.15) is 0 Å². The number of amides is 1. The third kappa shape index (κ3) is 5.89. The predicted octanol–water partition coefficient (Wildman–Crippen LogP) is 3.49. The smallest absolute Gasteiger partial charge is 0.316 e. The molecule has 2 aromatic carbocycles. The molecule has 136 valence electrons. The van der Waals surface area contributed by atoms with Crippen LogP contribution in [-0.2, 0) is 14.3 Å². The molecule has 1 amide bonds. The first-order chi connectivity index (χ1) is 12.3. The van der Waals surface area contributed by atoms with E-state index >= 15 is 0 Å². The SMILES string of the molecule is Cc1ccc(NC(=O)COC(=O)CSc2ccc([N+](=O)[O-])cc2)c(C)c1. The van der Waals surface area contributed by atoms with Crippen molar-refractivity contribution < 1.29 is 19.2 Å². The monoisotopic (exact) mass is 374 g/mol. The Morgan fingerprint density at radius 2 is 1.85 bits per heavy atom. The molecule has 0 heterocycles. The van der Waals surface area contributed by atoms with Gasteiger partial charge in [0.15, 0.2) is 6.61 Å². The molecule has 0 spiro atoms. The van der Waals surface area contributed by atoms with E-state index in [0.717, 1.165) is 11.1 Å². The number of nitro benzene ring substituents is 1. The molecule has 0 saturated carbocycles. The van der Waals surface area contributed by atoms with E-state index < -0.39 is 16.8 Å². The van der Waals surface area contributed by atoms with Crippen molar-refractivity contribution in [2.45, 2.75) is 18.7 Å². The maximum Gasteiger partial charge on any atom is 0.316 e. The zero-order chi connectivity index (χ0) is 19.1. The number of carbonyl (C=O) groups is 2. The van der Waals surface area contributed by atoms with Gasteiger partial charge in [-0.3, -0.25) is 19.7 Å². The topological polar surface area (TPSA) is 98.5 Å². The Bertz CT molecular complexity index is 821. The standard InChI is InChI=1S/C18H18N2O5S/c1-12-3-8-16(13(2)9-12)19-17(21)10-25-18(22)11-26-15-6-4-14(5-7-15)20(23)24/h3-9H,10-11H2,1-2H3,(H,19,21). The Kier molecular flexibility index (Phi) is 6.74. The van der Waals surface area contributed by atoms with Gasteiger partial charge in [-0.15, -0.1) is 11.8 Å². The number of non-ortho nitro benzene ring substituents is 1. The highest BCUT2D eigenvalue weighted by atomic mass is 32.2. The minimum Gasteiger partial charge on any atom is -0.455 e. The van der Waals surface area contributed by atoms with Gasteiger partial charge in [-0.1, -0.05) is 17.7 Å². The van der Waals surface area contributed by atoms with Crippen molar-refractivity contribution in [3.8, 4) is 0 Å². The average Bonchev–Trinajstić information content (AvgIpc) is 2.61. The number of anilines is 1. The molecular formula is C18H18N2O5S. The summed E-state index contributed by atoms with van der Waals surface area (Å²) in [5.41, 5.74) is 2.69. The van der Waals surface area contributed by atoms with Crippen LogP contribution >= 0.6 is 11.8 Å². The second-order valence-corrected chi connectivity index (χ2v) is 6.62. The number of carbonyl (C=O) groups excluding carboxylic acids is 2. The first kappa shape index (κ1) is 19.5. The first-order valence-corrected chi connectivity index (χ1v) is 8.73. The summed E-state index contributed by atoms with van der Waals surface area (Å²) >= 11 is 1.18. The number of hydrogen-bond donors (Lipinski definition) is 1. The number of nitrogens with one attached hydrogen (secondary N) is 1. The van der Waals surface area contributed by atoms with Crippen LogP contribution < -0.4 is 5.32 Å². The Hall–Kier alpha value is -2.87. The number of benzene rings is 2. The Balaban J connectivity index is 1.75. The molecule has 8 heteroatoms. The summed E-state index contributed by atoms with van der Waals surface area (Å²) in [5, 5.41) is 13.3. The lowest BCUT2D eigenvalue weighted by atomic mass is 10.1. The maximum atomic E-state index is 11.9. The Morgan fingerprint density at radius 3 is 2.46 bits per heavy atom. The minimum absolute atomic E-state index is 0.00858. The summed E-state index contributed by atoms with van der Waals surface area (Å²) in [6.45, 7) is 3.48. The number of nitro groups is 1. The van der Waals surface area contributed by atoms with E-state index in [1.165, 1.54) is 23.9 Å². The van der Waals surface area contributed by atoms with Crippen molar-refractivity contribution in [3.63, 3.8) is 0 Å². The Labute approximate surface area is 154 Å². The number of esters is 1. The number of aryl methyl sites for hydroxylation is 2. The fourth-order valence-electron chi connectivity index (χ4n) is 2.13. The van der Waals surface area contributed by atoms with E-state index in [1.54, 1.807) is 18.2 Å². The van der Waals surface area contributed by atoms with Crippen LogP contribution in [0.1, 0.15) is 11.1 Å². The number of nitrogens with zero attached hydrogens (tertiary/aromatic N) is 1. The van der Waals surface area contributed by atoms with E-state index in [1.807, 2.05) is 26.0 Å². The second-order valence-electron chi connectivity index (χ2n) is 5.57. The summed E-state index contributed by atoms with van der Waals surface area (Å²) in [5.74, 6) is -0.941. The molecule has 2 rings (SSSR count). The van der Waals surface area contributed by atoms with Crippen LogP contribution in [0.5, 0.6) is 0 Å². The van der Waals surface area contributed by atoms with Gasteiger partial charge in [0.05, 0.1) is 10.7 Å². The van der Waals surface area contributed by atoms with Crippen LogP contribution in [0.4, 0.5) is 11.4 Å². The van der Waals surface area contributed by atoms with E-state index in [9.17, 15) is 19.7 Å². The lowest BCUT2D eigenvalue weighted by molar-refractivity contribution is -0.384. The highest BCUT2D eigenvalue weighted by molar-refractivity contribution is 8.00. The molecule has 0 radical (unpaired) electrons. The van der Waals surface area contributed by atoms with Gasteiger partial charge in [0.1, 0.15) is 0 Å². The van der Waals surface area contributed by atoms with Crippen molar-refractivity contribution in [2.75, 3.05) is 17.7 Å². The molecule has 7 nitrogen and oxygen atoms in total. The van der Waals surface area contributed by atoms with Crippen LogP contribution in [0.3, 0.4) is 0 Å². The highest BCUT2D eigenvalue weighted by Gasteiger charge is 2.10. The summed E-state index contributed by atoms with van der Waals surface area (Å²) in [7, 11) is 0. The van der Waals surface area contributed by atoms with Gasteiger partial charge in [0.25, 0.3) is 11.6 Å².